The maximum absolute atomic E-state index is 12.7. The van der Waals surface area contributed by atoms with Gasteiger partial charge in [0, 0.05) is 18.0 Å². The van der Waals surface area contributed by atoms with Gasteiger partial charge in [-0.3, -0.25) is 4.57 Å². The first-order valence-electron chi connectivity index (χ1n) is 15.9. The number of rotatable bonds is 7. The Morgan fingerprint density at radius 3 is 2.36 bits per heavy atom. The third kappa shape index (κ3) is 4.69. The normalized spacial score (nSPS) is 14.1. The second-order valence-corrected chi connectivity index (χ2v) is 12.2. The van der Waals surface area contributed by atoms with Gasteiger partial charge in [0.1, 0.15) is 11.6 Å². The average Bonchev–Trinajstić information content (AvgIpc) is 3.61. The van der Waals surface area contributed by atoms with E-state index in [0.717, 1.165) is 87.4 Å². The number of hydrogen-bond acceptors (Lipinski definition) is 3. The van der Waals surface area contributed by atoms with Crippen LogP contribution in [0.2, 0.25) is 0 Å². The van der Waals surface area contributed by atoms with Gasteiger partial charge >= 0.3 is 5.97 Å². The number of para-hydroxylation sites is 2. The van der Waals surface area contributed by atoms with Crippen molar-refractivity contribution in [1.82, 2.24) is 19.1 Å². The van der Waals surface area contributed by atoms with E-state index in [1.165, 1.54) is 24.8 Å². The van der Waals surface area contributed by atoms with Gasteiger partial charge in [-0.1, -0.05) is 74.7 Å². The molecule has 44 heavy (non-hydrogen) atoms. The van der Waals surface area contributed by atoms with Crippen LogP contribution in [-0.2, 0) is 6.42 Å². The SMILES string of the molecule is CCCc1nc2c(C)cc(-c3nc4ccccc4n3C3CCCCC3)cc2n1-c1ccc(-c2ccccc2)c(C(=O)O)c1C. The highest BCUT2D eigenvalue weighted by Crippen LogP contribution is 2.39. The molecule has 2 aromatic heterocycles. The van der Waals surface area contributed by atoms with E-state index in [2.05, 4.69) is 65.4 Å². The van der Waals surface area contributed by atoms with Crippen molar-refractivity contribution in [3.05, 3.63) is 101 Å². The highest BCUT2D eigenvalue weighted by atomic mass is 16.4. The zero-order valence-electron chi connectivity index (χ0n) is 25.7. The van der Waals surface area contributed by atoms with Gasteiger partial charge < -0.3 is 9.67 Å². The van der Waals surface area contributed by atoms with Gasteiger partial charge in [0.15, 0.2) is 0 Å². The summed E-state index contributed by atoms with van der Waals surface area (Å²) in [5, 5.41) is 10.4. The van der Waals surface area contributed by atoms with Gasteiger partial charge in [0.05, 0.1) is 33.3 Å². The lowest BCUT2D eigenvalue weighted by molar-refractivity contribution is 0.0697. The minimum Gasteiger partial charge on any atom is -0.478 e. The fourth-order valence-electron chi connectivity index (χ4n) is 7.22. The first-order valence-corrected chi connectivity index (χ1v) is 15.9. The van der Waals surface area contributed by atoms with Crippen molar-refractivity contribution >= 4 is 28.0 Å². The second kappa shape index (κ2) is 11.4. The molecule has 1 aliphatic rings. The Balaban J connectivity index is 1.47. The van der Waals surface area contributed by atoms with Gasteiger partial charge in [-0.05, 0) is 85.7 Å². The molecular weight excluding hydrogens is 544 g/mol. The van der Waals surface area contributed by atoms with Crippen LogP contribution in [0, 0.1) is 13.8 Å². The number of carbonyl (C=O) groups is 1. The lowest BCUT2D eigenvalue weighted by atomic mass is 9.94. The highest BCUT2D eigenvalue weighted by molar-refractivity contribution is 5.99. The van der Waals surface area contributed by atoms with Crippen molar-refractivity contribution in [3.63, 3.8) is 0 Å². The number of carboxylic acids is 1. The third-order valence-corrected chi connectivity index (χ3v) is 9.26. The lowest BCUT2D eigenvalue weighted by Gasteiger charge is -2.26. The molecule has 1 saturated carbocycles. The second-order valence-electron chi connectivity index (χ2n) is 12.2. The van der Waals surface area contributed by atoms with Crippen LogP contribution < -0.4 is 0 Å². The molecule has 0 unspecified atom stereocenters. The average molecular weight is 583 g/mol. The summed E-state index contributed by atoms with van der Waals surface area (Å²) in [6.07, 6.45) is 7.82. The summed E-state index contributed by atoms with van der Waals surface area (Å²) in [6.45, 7) is 6.20. The van der Waals surface area contributed by atoms with Crippen LogP contribution in [0.4, 0.5) is 0 Å². The molecule has 0 saturated heterocycles. The molecule has 0 bridgehead atoms. The molecule has 1 N–H and O–H groups in total. The Kier molecular flexibility index (Phi) is 7.29. The molecule has 1 fully saturated rings. The van der Waals surface area contributed by atoms with Crippen LogP contribution >= 0.6 is 0 Å². The molecule has 1 aliphatic carbocycles. The number of aromatic carboxylic acids is 1. The van der Waals surface area contributed by atoms with E-state index in [4.69, 9.17) is 9.97 Å². The van der Waals surface area contributed by atoms with E-state index in [9.17, 15) is 9.90 Å². The number of imidazole rings is 2. The zero-order chi connectivity index (χ0) is 30.4. The zero-order valence-corrected chi connectivity index (χ0v) is 25.7. The smallest absolute Gasteiger partial charge is 0.336 e. The molecule has 2 heterocycles. The number of fused-ring (bicyclic) bond motifs is 2. The quantitative estimate of drug-likeness (QED) is 0.203. The molecule has 6 aromatic rings. The molecule has 0 atom stereocenters. The van der Waals surface area contributed by atoms with E-state index in [1.54, 1.807) is 0 Å². The maximum atomic E-state index is 12.7. The predicted octanol–water partition coefficient (Wildman–Crippen LogP) is 9.48. The number of nitrogens with zero attached hydrogens (tertiary/aromatic N) is 4. The molecule has 0 aliphatic heterocycles. The molecule has 4 aromatic carbocycles. The summed E-state index contributed by atoms with van der Waals surface area (Å²) in [4.78, 5) is 23.1. The van der Waals surface area contributed by atoms with Crippen molar-refractivity contribution in [1.29, 1.82) is 0 Å². The molecule has 0 radical (unpaired) electrons. The number of aromatic nitrogens is 4. The molecule has 0 spiro atoms. The van der Waals surface area contributed by atoms with Crippen molar-refractivity contribution in [2.45, 2.75) is 71.8 Å². The van der Waals surface area contributed by atoms with Crippen LogP contribution in [0.3, 0.4) is 0 Å². The summed E-state index contributed by atoms with van der Waals surface area (Å²) in [5.74, 6) is 1.01. The maximum Gasteiger partial charge on any atom is 0.336 e. The first-order chi connectivity index (χ1) is 21.5. The monoisotopic (exact) mass is 582 g/mol. The van der Waals surface area contributed by atoms with Crippen molar-refractivity contribution in [2.75, 3.05) is 0 Å². The minimum absolute atomic E-state index is 0.324. The first kappa shape index (κ1) is 28.1. The standard InChI is InChI=1S/C38H38N4O2/c1-4-13-34-40-36-24(2)22-27(37-39-30-18-11-12-19-32(30)41(37)28-16-9-6-10-17-28)23-33(36)42(34)31-21-20-29(26-14-7-5-8-15-26)35(25(31)3)38(43)44/h5,7-8,11-12,14-15,18-23,28H,4,6,9-10,13,16-17H2,1-3H3,(H,43,44). The van der Waals surface area contributed by atoms with Crippen LogP contribution in [0.25, 0.3) is 50.3 Å². The van der Waals surface area contributed by atoms with Crippen LogP contribution in [0.15, 0.2) is 78.9 Å². The third-order valence-electron chi connectivity index (χ3n) is 9.26. The van der Waals surface area contributed by atoms with E-state index in [0.29, 0.717) is 11.6 Å². The summed E-state index contributed by atoms with van der Waals surface area (Å²) in [5.41, 5.74) is 9.81. The molecular formula is C38H38N4O2. The predicted molar refractivity (Wildman–Crippen MR) is 178 cm³/mol. The minimum atomic E-state index is -0.928. The highest BCUT2D eigenvalue weighted by Gasteiger charge is 2.25. The number of hydrogen-bond donors (Lipinski definition) is 1. The van der Waals surface area contributed by atoms with Gasteiger partial charge in [-0.15, -0.1) is 0 Å². The van der Waals surface area contributed by atoms with Crippen molar-refractivity contribution < 1.29 is 9.90 Å². The number of benzene rings is 4. The molecule has 0 amide bonds. The van der Waals surface area contributed by atoms with Gasteiger partial charge in [0.2, 0.25) is 0 Å². The summed E-state index contributed by atoms with van der Waals surface area (Å²) < 4.78 is 4.67. The van der Waals surface area contributed by atoms with Crippen molar-refractivity contribution in [2.24, 2.45) is 0 Å². The van der Waals surface area contributed by atoms with Gasteiger partial charge in [0.25, 0.3) is 0 Å². The largest absolute Gasteiger partial charge is 0.478 e. The Morgan fingerprint density at radius 2 is 1.61 bits per heavy atom. The Bertz CT molecular complexity index is 2010. The molecule has 6 heteroatoms. The van der Waals surface area contributed by atoms with Gasteiger partial charge in [-0.25, -0.2) is 14.8 Å². The summed E-state index contributed by atoms with van der Waals surface area (Å²) >= 11 is 0. The van der Waals surface area contributed by atoms with Crippen molar-refractivity contribution in [3.8, 4) is 28.2 Å². The molecule has 222 valence electrons. The number of carboxylic acid groups (broad SMARTS) is 1. The Hall–Kier alpha value is -4.71. The van der Waals surface area contributed by atoms with E-state index >= 15 is 0 Å². The Labute approximate surface area is 258 Å². The molecule has 6 nitrogen and oxygen atoms in total. The van der Waals surface area contributed by atoms with Crippen LogP contribution in [-0.4, -0.2) is 30.2 Å². The fourth-order valence-corrected chi connectivity index (χ4v) is 7.22. The van der Waals surface area contributed by atoms with Crippen LogP contribution in [0.1, 0.15) is 78.8 Å². The number of aryl methyl sites for hydroxylation is 2. The Morgan fingerprint density at radius 1 is 0.864 bits per heavy atom. The van der Waals surface area contributed by atoms with Crippen LogP contribution in [0.5, 0.6) is 0 Å². The summed E-state index contributed by atoms with van der Waals surface area (Å²) in [6, 6.07) is 27.1. The summed E-state index contributed by atoms with van der Waals surface area (Å²) in [7, 11) is 0. The van der Waals surface area contributed by atoms with Gasteiger partial charge in [-0.2, -0.15) is 0 Å². The van der Waals surface area contributed by atoms with E-state index in [1.807, 2.05) is 43.3 Å². The fraction of sp³-hybridized carbons (Fsp3) is 0.289. The lowest BCUT2D eigenvalue weighted by Crippen LogP contribution is -2.14. The topological polar surface area (TPSA) is 72.9 Å². The van der Waals surface area contributed by atoms with E-state index < -0.39 is 5.97 Å². The van der Waals surface area contributed by atoms with E-state index in [-0.39, 0.29) is 0 Å². The molecule has 7 rings (SSSR count).